The Morgan fingerprint density at radius 1 is 1.05 bits per heavy atom. The van der Waals surface area contributed by atoms with Crippen LogP contribution in [0.2, 0.25) is 10.0 Å². The number of carbonyl (C=O) groups is 2. The van der Waals surface area contributed by atoms with Crippen LogP contribution in [0.25, 0.3) is 0 Å². The molecule has 2 aromatic rings. The lowest BCUT2D eigenvalue weighted by molar-refractivity contribution is -0.139. The van der Waals surface area contributed by atoms with Crippen LogP contribution in [0.4, 0.5) is 10.1 Å². The predicted octanol–water partition coefficient (Wildman–Crippen LogP) is 4.61. The molecule has 8 nitrogen and oxygen atoms in total. The summed E-state index contributed by atoms with van der Waals surface area (Å²) < 4.78 is 42.6. The lowest BCUT2D eigenvalue weighted by atomic mass is 9.95. The first-order valence-corrected chi connectivity index (χ1v) is 14.6. The van der Waals surface area contributed by atoms with Gasteiger partial charge in [0.2, 0.25) is 11.8 Å². The Bertz CT molecular complexity index is 1260. The molecule has 1 fully saturated rings. The number of amides is 2. The van der Waals surface area contributed by atoms with Gasteiger partial charge in [-0.15, -0.1) is 0 Å². The number of benzene rings is 2. The van der Waals surface area contributed by atoms with Gasteiger partial charge in [0, 0.05) is 26.7 Å². The first kappa shape index (κ1) is 30.1. The molecule has 208 valence electrons. The number of anilines is 1. The monoisotopic (exact) mass is 586 g/mol. The molecule has 2 aromatic carbocycles. The van der Waals surface area contributed by atoms with Gasteiger partial charge in [0.05, 0.1) is 15.7 Å². The fraction of sp³-hybridized carbons (Fsp3) is 0.462. The molecule has 12 heteroatoms. The van der Waals surface area contributed by atoms with Crippen molar-refractivity contribution in [1.82, 2.24) is 14.5 Å². The third kappa shape index (κ3) is 7.37. The van der Waals surface area contributed by atoms with E-state index in [0.717, 1.165) is 42.5 Å². The minimum atomic E-state index is -4.26. The standard InChI is InChI=1S/C26H33Cl2FN4O4S/c1-18(26(35)30-20-9-5-4-6-10-20)32(16-19-13-14-21(27)22(28)15-19)25(34)17-33(38(36,37)31(2)3)24-12-8-7-11-23(24)29/h7-8,11-15,18,20H,4-6,9-10,16-17H2,1-3H3,(H,30,35)/t18-/m0/s1. The summed E-state index contributed by atoms with van der Waals surface area (Å²) in [6, 6.07) is 9.22. The fourth-order valence-corrected chi connectivity index (χ4v) is 5.73. The number of hydrogen-bond donors (Lipinski definition) is 1. The van der Waals surface area contributed by atoms with E-state index in [1.165, 1.54) is 37.2 Å². The predicted molar refractivity (Wildman–Crippen MR) is 148 cm³/mol. The van der Waals surface area contributed by atoms with Crippen LogP contribution in [0.3, 0.4) is 0 Å². The molecule has 0 aromatic heterocycles. The highest BCUT2D eigenvalue weighted by molar-refractivity contribution is 7.90. The van der Waals surface area contributed by atoms with Crippen LogP contribution in [-0.4, -0.2) is 62.2 Å². The molecule has 0 spiro atoms. The zero-order chi connectivity index (χ0) is 28.0. The number of halogens is 3. The Morgan fingerprint density at radius 2 is 1.71 bits per heavy atom. The van der Waals surface area contributed by atoms with Gasteiger partial charge in [0.25, 0.3) is 0 Å². The zero-order valence-corrected chi connectivity index (χ0v) is 24.0. The molecule has 0 radical (unpaired) electrons. The number of hydrogen-bond acceptors (Lipinski definition) is 4. The first-order chi connectivity index (χ1) is 17.9. The Morgan fingerprint density at radius 3 is 2.32 bits per heavy atom. The molecule has 0 heterocycles. The van der Waals surface area contributed by atoms with E-state index in [4.69, 9.17) is 23.2 Å². The molecule has 0 unspecified atom stereocenters. The average Bonchev–Trinajstić information content (AvgIpc) is 2.88. The van der Waals surface area contributed by atoms with Gasteiger partial charge in [-0.05, 0) is 49.6 Å². The minimum absolute atomic E-state index is 0.0182. The maximum absolute atomic E-state index is 14.7. The third-order valence-electron chi connectivity index (χ3n) is 6.60. The van der Waals surface area contributed by atoms with E-state index in [2.05, 4.69) is 5.32 Å². The zero-order valence-electron chi connectivity index (χ0n) is 21.7. The molecule has 3 rings (SSSR count). The molecule has 0 saturated heterocycles. The van der Waals surface area contributed by atoms with Crippen molar-refractivity contribution in [2.75, 3.05) is 24.9 Å². The van der Waals surface area contributed by atoms with Crippen LogP contribution in [-0.2, 0) is 26.3 Å². The van der Waals surface area contributed by atoms with Gasteiger partial charge in [-0.25, -0.2) is 8.70 Å². The highest BCUT2D eigenvalue weighted by Crippen LogP contribution is 2.26. The Labute approximate surface area is 233 Å². The third-order valence-corrected chi connectivity index (χ3v) is 9.14. The molecule has 1 saturated carbocycles. The average molecular weight is 588 g/mol. The second kappa shape index (κ2) is 13.1. The van der Waals surface area contributed by atoms with E-state index in [1.807, 2.05) is 0 Å². The Balaban J connectivity index is 1.94. The molecule has 38 heavy (non-hydrogen) atoms. The second-order valence-electron chi connectivity index (χ2n) is 9.54. The lowest BCUT2D eigenvalue weighted by Gasteiger charge is -2.34. The van der Waals surface area contributed by atoms with Crippen molar-refractivity contribution in [3.63, 3.8) is 0 Å². The first-order valence-electron chi connectivity index (χ1n) is 12.4. The Kier molecular flexibility index (Phi) is 10.4. The van der Waals surface area contributed by atoms with Crippen LogP contribution in [0.1, 0.15) is 44.6 Å². The molecule has 0 bridgehead atoms. The fourth-order valence-electron chi connectivity index (χ4n) is 4.34. The summed E-state index contributed by atoms with van der Waals surface area (Å²) in [5.41, 5.74) is 0.321. The van der Waals surface area contributed by atoms with Crippen molar-refractivity contribution in [3.8, 4) is 0 Å². The van der Waals surface area contributed by atoms with Crippen LogP contribution in [0, 0.1) is 5.82 Å². The van der Waals surface area contributed by atoms with Crippen LogP contribution in [0.5, 0.6) is 0 Å². The van der Waals surface area contributed by atoms with E-state index >= 15 is 0 Å². The quantitative estimate of drug-likeness (QED) is 0.440. The highest BCUT2D eigenvalue weighted by Gasteiger charge is 2.34. The van der Waals surface area contributed by atoms with Gasteiger partial charge in [-0.1, -0.05) is 60.7 Å². The van der Waals surface area contributed by atoms with Crippen molar-refractivity contribution in [2.45, 2.75) is 57.7 Å². The molecule has 0 aliphatic heterocycles. The van der Waals surface area contributed by atoms with Gasteiger partial charge in [-0.3, -0.25) is 9.59 Å². The molecule has 1 atom stereocenters. The number of para-hydroxylation sites is 1. The van der Waals surface area contributed by atoms with E-state index < -0.39 is 34.5 Å². The van der Waals surface area contributed by atoms with Gasteiger partial charge in [-0.2, -0.15) is 12.7 Å². The number of nitrogens with zero attached hydrogens (tertiary/aromatic N) is 3. The van der Waals surface area contributed by atoms with Crippen molar-refractivity contribution in [1.29, 1.82) is 0 Å². The number of carbonyl (C=O) groups excluding carboxylic acids is 2. The maximum atomic E-state index is 14.7. The van der Waals surface area contributed by atoms with E-state index in [0.29, 0.717) is 14.9 Å². The van der Waals surface area contributed by atoms with Crippen LogP contribution < -0.4 is 9.62 Å². The summed E-state index contributed by atoms with van der Waals surface area (Å²) in [6.45, 7) is 0.827. The highest BCUT2D eigenvalue weighted by atomic mass is 35.5. The maximum Gasteiger partial charge on any atom is 0.304 e. The summed E-state index contributed by atoms with van der Waals surface area (Å²) in [5.74, 6) is -1.83. The van der Waals surface area contributed by atoms with Crippen LogP contribution >= 0.6 is 23.2 Å². The Hall–Kier alpha value is -2.40. The second-order valence-corrected chi connectivity index (χ2v) is 12.4. The van der Waals surface area contributed by atoms with Crippen molar-refractivity contribution in [3.05, 3.63) is 63.9 Å². The smallest absolute Gasteiger partial charge is 0.304 e. The van der Waals surface area contributed by atoms with Gasteiger partial charge < -0.3 is 10.2 Å². The van der Waals surface area contributed by atoms with Gasteiger partial charge in [0.15, 0.2) is 0 Å². The summed E-state index contributed by atoms with van der Waals surface area (Å²) in [4.78, 5) is 28.2. The molecule has 2 amide bonds. The summed E-state index contributed by atoms with van der Waals surface area (Å²) in [7, 11) is -1.67. The summed E-state index contributed by atoms with van der Waals surface area (Å²) in [6.07, 6.45) is 4.88. The van der Waals surface area contributed by atoms with E-state index in [1.54, 1.807) is 25.1 Å². The molecular formula is C26H33Cl2FN4O4S. The summed E-state index contributed by atoms with van der Waals surface area (Å²) >= 11 is 12.2. The summed E-state index contributed by atoms with van der Waals surface area (Å²) in [5, 5.41) is 3.63. The van der Waals surface area contributed by atoms with E-state index in [9.17, 15) is 22.4 Å². The largest absolute Gasteiger partial charge is 0.352 e. The molecule has 1 aliphatic carbocycles. The molecule has 1 aliphatic rings. The van der Waals surface area contributed by atoms with Crippen LogP contribution in [0.15, 0.2) is 42.5 Å². The molecule has 1 N–H and O–H groups in total. The topological polar surface area (TPSA) is 90.0 Å². The number of nitrogens with one attached hydrogen (secondary N) is 1. The minimum Gasteiger partial charge on any atom is -0.352 e. The lowest BCUT2D eigenvalue weighted by Crippen LogP contribution is -2.53. The molecular weight excluding hydrogens is 554 g/mol. The van der Waals surface area contributed by atoms with E-state index in [-0.39, 0.29) is 29.2 Å². The van der Waals surface area contributed by atoms with Crippen molar-refractivity contribution < 1.29 is 22.4 Å². The SMILES string of the molecule is C[C@@H](C(=O)NC1CCCCC1)N(Cc1ccc(Cl)c(Cl)c1)C(=O)CN(c1ccccc1F)S(=O)(=O)N(C)C. The van der Waals surface area contributed by atoms with Crippen molar-refractivity contribution in [2.24, 2.45) is 0 Å². The number of rotatable bonds is 10. The van der Waals surface area contributed by atoms with Crippen molar-refractivity contribution >= 4 is 50.9 Å². The normalized spacial score (nSPS) is 15.2. The van der Waals surface area contributed by atoms with Gasteiger partial charge in [0.1, 0.15) is 18.4 Å². The van der Waals surface area contributed by atoms with Gasteiger partial charge >= 0.3 is 10.2 Å².